The summed E-state index contributed by atoms with van der Waals surface area (Å²) in [4.78, 5) is 11.4. The Kier molecular flexibility index (Phi) is 11.9. The summed E-state index contributed by atoms with van der Waals surface area (Å²) in [7, 11) is 0. The molecule has 0 saturated carbocycles. The normalized spacial score (nSPS) is 10.1. The quantitative estimate of drug-likeness (QED) is 0.664. The molecule has 0 saturated heterocycles. The number of anilines is 1. The summed E-state index contributed by atoms with van der Waals surface area (Å²) < 4.78 is 37.0. The summed E-state index contributed by atoms with van der Waals surface area (Å²) in [6, 6.07) is 2.81. The van der Waals surface area contributed by atoms with Crippen LogP contribution in [-0.4, -0.2) is 5.91 Å². The predicted molar refractivity (Wildman–Crippen MR) is 87.2 cm³/mol. The maximum absolute atomic E-state index is 12.3. The second kappa shape index (κ2) is 11.4. The molecule has 0 aliphatic carbocycles. The maximum atomic E-state index is 12.3. The van der Waals surface area contributed by atoms with Gasteiger partial charge in [0.05, 0.1) is 16.3 Å². The van der Waals surface area contributed by atoms with Gasteiger partial charge in [-0.25, -0.2) is 0 Å². The number of halogens is 4. The molecule has 1 aromatic rings. The van der Waals surface area contributed by atoms with Gasteiger partial charge in [-0.1, -0.05) is 59.6 Å². The average Bonchev–Trinajstić information content (AvgIpc) is 2.42. The van der Waals surface area contributed by atoms with E-state index < -0.39 is 11.7 Å². The standard InChI is InChI=1S/C11H11ClF3NO.C3H8.C2H6/c1-6(2)10(17)16-9-4-3-7(5-8(9)12)11(13,14)15;1-3-2;1-2/h3-6H,1-2H3,(H,16,17);3H2,1-2H3;1-2H3. The molecule has 0 aliphatic rings. The number of carbonyl (C=O) groups is 1. The predicted octanol–water partition coefficient (Wildman–Crippen LogP) is 6.40. The Balaban J connectivity index is 0. The van der Waals surface area contributed by atoms with Gasteiger partial charge in [0.2, 0.25) is 5.91 Å². The Morgan fingerprint density at radius 2 is 1.68 bits per heavy atom. The van der Waals surface area contributed by atoms with Crippen molar-refractivity contribution in [3.63, 3.8) is 0 Å². The van der Waals surface area contributed by atoms with Crippen molar-refractivity contribution in [1.29, 1.82) is 0 Å². The highest BCUT2D eigenvalue weighted by Crippen LogP contribution is 2.33. The van der Waals surface area contributed by atoms with E-state index in [9.17, 15) is 18.0 Å². The minimum atomic E-state index is -4.44. The molecule has 0 unspecified atom stereocenters. The fourth-order valence-corrected chi connectivity index (χ4v) is 1.30. The fraction of sp³-hybridized carbons (Fsp3) is 0.562. The SMILES string of the molecule is CC.CC(C)C(=O)Nc1ccc(C(F)(F)F)cc1Cl.CCC. The van der Waals surface area contributed by atoms with E-state index in [1.165, 1.54) is 6.42 Å². The molecule has 0 aliphatic heterocycles. The molecule has 0 bridgehead atoms. The molecule has 1 rings (SSSR count). The first-order valence-corrected chi connectivity index (χ1v) is 7.68. The third kappa shape index (κ3) is 8.93. The van der Waals surface area contributed by atoms with Crippen LogP contribution < -0.4 is 5.32 Å². The first kappa shape index (κ1) is 23.0. The topological polar surface area (TPSA) is 29.1 Å². The Hall–Kier alpha value is -1.23. The van der Waals surface area contributed by atoms with Crippen molar-refractivity contribution in [3.8, 4) is 0 Å². The van der Waals surface area contributed by atoms with Gasteiger partial charge < -0.3 is 5.32 Å². The Morgan fingerprint density at radius 3 is 2.00 bits per heavy atom. The summed E-state index contributed by atoms with van der Waals surface area (Å²) >= 11 is 5.67. The maximum Gasteiger partial charge on any atom is 0.416 e. The average molecular weight is 340 g/mol. The van der Waals surface area contributed by atoms with Crippen LogP contribution in [-0.2, 0) is 11.0 Å². The van der Waals surface area contributed by atoms with Crippen molar-refractivity contribution in [3.05, 3.63) is 28.8 Å². The van der Waals surface area contributed by atoms with E-state index in [-0.39, 0.29) is 22.5 Å². The third-order valence-corrected chi connectivity index (χ3v) is 2.39. The van der Waals surface area contributed by atoms with E-state index in [0.29, 0.717) is 0 Å². The monoisotopic (exact) mass is 339 g/mol. The molecule has 0 heterocycles. The van der Waals surface area contributed by atoms with Crippen molar-refractivity contribution in [1.82, 2.24) is 0 Å². The number of hydrogen-bond donors (Lipinski definition) is 1. The lowest BCUT2D eigenvalue weighted by Crippen LogP contribution is -2.18. The van der Waals surface area contributed by atoms with Gasteiger partial charge in [0.15, 0.2) is 0 Å². The van der Waals surface area contributed by atoms with E-state index in [1.54, 1.807) is 13.8 Å². The minimum Gasteiger partial charge on any atom is -0.325 e. The summed E-state index contributed by atoms with van der Waals surface area (Å²) in [5.74, 6) is -0.569. The summed E-state index contributed by atoms with van der Waals surface area (Å²) in [6.45, 7) is 11.6. The molecule has 0 fully saturated rings. The summed E-state index contributed by atoms with van der Waals surface area (Å²) in [6.07, 6.45) is -3.19. The van der Waals surface area contributed by atoms with Gasteiger partial charge in [-0.2, -0.15) is 13.2 Å². The largest absolute Gasteiger partial charge is 0.416 e. The minimum absolute atomic E-state index is 0.131. The second-order valence-electron chi connectivity index (χ2n) is 4.54. The number of amides is 1. The van der Waals surface area contributed by atoms with E-state index >= 15 is 0 Å². The molecular formula is C16H25ClF3NO. The van der Waals surface area contributed by atoms with Crippen LogP contribution in [0.15, 0.2) is 18.2 Å². The van der Waals surface area contributed by atoms with Crippen LogP contribution in [0.4, 0.5) is 18.9 Å². The van der Waals surface area contributed by atoms with Crippen molar-refractivity contribution < 1.29 is 18.0 Å². The van der Waals surface area contributed by atoms with Crippen LogP contribution in [0.25, 0.3) is 0 Å². The summed E-state index contributed by atoms with van der Waals surface area (Å²) in [5.41, 5.74) is -0.664. The number of benzene rings is 1. The van der Waals surface area contributed by atoms with Crippen LogP contribution in [0.1, 0.15) is 53.5 Å². The Morgan fingerprint density at radius 1 is 1.23 bits per heavy atom. The van der Waals surface area contributed by atoms with E-state index in [2.05, 4.69) is 19.2 Å². The number of carbonyl (C=O) groups excluding carboxylic acids is 1. The molecule has 1 amide bonds. The first-order chi connectivity index (χ1) is 10.1. The van der Waals surface area contributed by atoms with E-state index in [1.807, 2.05) is 13.8 Å². The van der Waals surface area contributed by atoms with Gasteiger partial charge in [0.1, 0.15) is 0 Å². The van der Waals surface area contributed by atoms with Crippen LogP contribution in [0, 0.1) is 5.92 Å². The Labute approximate surface area is 136 Å². The van der Waals surface area contributed by atoms with E-state index in [4.69, 9.17) is 11.6 Å². The van der Waals surface area contributed by atoms with Crippen LogP contribution >= 0.6 is 11.6 Å². The lowest BCUT2D eigenvalue weighted by Gasteiger charge is -2.12. The van der Waals surface area contributed by atoms with Gasteiger partial charge in [-0.3, -0.25) is 4.79 Å². The van der Waals surface area contributed by atoms with Crippen molar-refractivity contribution in [2.75, 3.05) is 5.32 Å². The van der Waals surface area contributed by atoms with E-state index in [0.717, 1.165) is 18.2 Å². The molecule has 6 heteroatoms. The third-order valence-electron chi connectivity index (χ3n) is 2.08. The zero-order chi connectivity index (χ0) is 17.9. The molecule has 0 spiro atoms. The highest BCUT2D eigenvalue weighted by molar-refractivity contribution is 6.33. The molecule has 0 radical (unpaired) electrons. The molecule has 22 heavy (non-hydrogen) atoms. The fourth-order valence-electron chi connectivity index (χ4n) is 1.07. The lowest BCUT2D eigenvalue weighted by molar-refractivity contribution is -0.137. The smallest absolute Gasteiger partial charge is 0.325 e. The van der Waals surface area contributed by atoms with Gasteiger partial charge in [-0.05, 0) is 18.2 Å². The number of nitrogens with one attached hydrogen (secondary N) is 1. The molecule has 0 aromatic heterocycles. The number of alkyl halides is 3. The highest BCUT2D eigenvalue weighted by atomic mass is 35.5. The molecule has 1 aromatic carbocycles. The van der Waals surface area contributed by atoms with Gasteiger partial charge >= 0.3 is 6.18 Å². The van der Waals surface area contributed by atoms with Crippen LogP contribution in [0.5, 0.6) is 0 Å². The van der Waals surface area contributed by atoms with Crippen molar-refractivity contribution >= 4 is 23.2 Å². The zero-order valence-electron chi connectivity index (χ0n) is 13.9. The number of rotatable bonds is 2. The van der Waals surface area contributed by atoms with Crippen LogP contribution in [0.3, 0.4) is 0 Å². The Bertz CT molecular complexity index is 446. The van der Waals surface area contributed by atoms with Crippen LogP contribution in [0.2, 0.25) is 5.02 Å². The molecular weight excluding hydrogens is 315 g/mol. The summed E-state index contributed by atoms with van der Waals surface area (Å²) in [5, 5.41) is 2.32. The number of hydrogen-bond acceptors (Lipinski definition) is 1. The van der Waals surface area contributed by atoms with Gasteiger partial charge in [0, 0.05) is 5.92 Å². The molecule has 128 valence electrons. The van der Waals surface area contributed by atoms with Gasteiger partial charge in [0.25, 0.3) is 0 Å². The second-order valence-corrected chi connectivity index (χ2v) is 4.95. The molecule has 2 nitrogen and oxygen atoms in total. The zero-order valence-corrected chi connectivity index (χ0v) is 14.7. The van der Waals surface area contributed by atoms with Crippen molar-refractivity contribution in [2.45, 2.75) is 54.1 Å². The molecule has 0 atom stereocenters. The first-order valence-electron chi connectivity index (χ1n) is 7.31. The van der Waals surface area contributed by atoms with Gasteiger partial charge in [-0.15, -0.1) is 0 Å². The molecule has 1 N–H and O–H groups in total. The lowest BCUT2D eigenvalue weighted by atomic mass is 10.1. The highest BCUT2D eigenvalue weighted by Gasteiger charge is 2.31. The van der Waals surface area contributed by atoms with Crippen molar-refractivity contribution in [2.24, 2.45) is 5.92 Å².